The van der Waals surface area contributed by atoms with E-state index in [0.29, 0.717) is 11.6 Å². The summed E-state index contributed by atoms with van der Waals surface area (Å²) in [4.78, 5) is 23.9. The van der Waals surface area contributed by atoms with Crippen molar-refractivity contribution >= 4 is 33.4 Å². The van der Waals surface area contributed by atoms with E-state index in [1.807, 2.05) is 0 Å². The van der Waals surface area contributed by atoms with Crippen LogP contribution in [-0.2, 0) is 4.79 Å². The van der Waals surface area contributed by atoms with Crippen LogP contribution < -0.4 is 10.6 Å². The SMILES string of the molecule is O=C(CNC(=O)c1ccc(-n2cc(Br)cn2)cc1)Nc1ccc(F)c(F)c1F. The monoisotopic (exact) mass is 452 g/mol. The Bertz CT molecular complexity index is 1040. The molecule has 3 rings (SSSR count). The molecule has 0 aliphatic heterocycles. The summed E-state index contributed by atoms with van der Waals surface area (Å²) >= 11 is 3.29. The molecule has 0 fully saturated rings. The van der Waals surface area contributed by atoms with Gasteiger partial charge in [0.1, 0.15) is 0 Å². The number of nitrogens with one attached hydrogen (secondary N) is 2. The minimum absolute atomic E-state index is 0.293. The van der Waals surface area contributed by atoms with Crippen molar-refractivity contribution in [1.29, 1.82) is 0 Å². The summed E-state index contributed by atoms with van der Waals surface area (Å²) in [6, 6.07) is 8.02. The van der Waals surface area contributed by atoms with E-state index in [0.717, 1.165) is 16.2 Å². The number of hydrogen-bond acceptors (Lipinski definition) is 3. The van der Waals surface area contributed by atoms with Gasteiger partial charge in [0.2, 0.25) is 5.91 Å². The average molecular weight is 453 g/mol. The molecule has 0 aliphatic rings. The summed E-state index contributed by atoms with van der Waals surface area (Å²) < 4.78 is 42.0. The van der Waals surface area contributed by atoms with E-state index in [9.17, 15) is 22.8 Å². The first kappa shape index (κ1) is 19.6. The van der Waals surface area contributed by atoms with Crippen LogP contribution in [0.25, 0.3) is 5.69 Å². The van der Waals surface area contributed by atoms with E-state index in [-0.39, 0.29) is 0 Å². The third-order valence-corrected chi connectivity index (χ3v) is 4.07. The highest BCUT2D eigenvalue weighted by atomic mass is 79.9. The molecule has 0 saturated heterocycles. The molecule has 0 bridgehead atoms. The number of rotatable bonds is 5. The highest BCUT2D eigenvalue weighted by Gasteiger charge is 2.16. The normalized spacial score (nSPS) is 10.6. The molecular weight excluding hydrogens is 441 g/mol. The van der Waals surface area contributed by atoms with E-state index >= 15 is 0 Å². The first-order chi connectivity index (χ1) is 13.3. The van der Waals surface area contributed by atoms with Gasteiger partial charge in [-0.25, -0.2) is 17.9 Å². The Morgan fingerprint density at radius 3 is 2.39 bits per heavy atom. The number of halogens is 4. The zero-order valence-electron chi connectivity index (χ0n) is 14.0. The molecule has 2 amide bonds. The molecule has 0 atom stereocenters. The number of hydrogen-bond donors (Lipinski definition) is 2. The van der Waals surface area contributed by atoms with E-state index < -0.39 is 41.5 Å². The topological polar surface area (TPSA) is 76.0 Å². The van der Waals surface area contributed by atoms with Gasteiger partial charge < -0.3 is 10.6 Å². The third kappa shape index (κ3) is 4.39. The molecule has 10 heteroatoms. The molecule has 2 aromatic carbocycles. The van der Waals surface area contributed by atoms with Crippen molar-refractivity contribution in [2.75, 3.05) is 11.9 Å². The summed E-state index contributed by atoms with van der Waals surface area (Å²) in [5.41, 5.74) is 0.503. The van der Waals surface area contributed by atoms with E-state index in [4.69, 9.17) is 0 Å². The smallest absolute Gasteiger partial charge is 0.251 e. The number of amides is 2. The minimum atomic E-state index is -1.69. The fourth-order valence-corrected chi connectivity index (χ4v) is 2.57. The number of anilines is 1. The van der Waals surface area contributed by atoms with Crippen molar-refractivity contribution in [2.24, 2.45) is 0 Å². The molecule has 0 spiro atoms. The first-order valence-corrected chi connectivity index (χ1v) is 8.66. The summed E-state index contributed by atoms with van der Waals surface area (Å²) in [5.74, 6) is -5.90. The Hall–Kier alpha value is -3.14. The Morgan fingerprint density at radius 1 is 1.04 bits per heavy atom. The predicted octanol–water partition coefficient (Wildman–Crippen LogP) is 3.42. The average Bonchev–Trinajstić information content (AvgIpc) is 3.13. The van der Waals surface area contributed by atoms with Gasteiger partial charge in [0.25, 0.3) is 5.91 Å². The van der Waals surface area contributed by atoms with Crippen molar-refractivity contribution in [2.45, 2.75) is 0 Å². The van der Waals surface area contributed by atoms with Crippen LogP contribution in [-0.4, -0.2) is 28.1 Å². The molecule has 144 valence electrons. The number of benzene rings is 2. The van der Waals surface area contributed by atoms with Crippen molar-refractivity contribution in [3.63, 3.8) is 0 Å². The second kappa shape index (κ2) is 8.26. The second-order valence-electron chi connectivity index (χ2n) is 5.60. The zero-order chi connectivity index (χ0) is 20.3. The van der Waals surface area contributed by atoms with Gasteiger partial charge in [-0.1, -0.05) is 0 Å². The second-order valence-corrected chi connectivity index (χ2v) is 6.52. The molecular formula is C18H12BrF3N4O2. The summed E-state index contributed by atoms with van der Waals surface area (Å²) in [6.45, 7) is -0.481. The van der Waals surface area contributed by atoms with Crippen LogP contribution in [0, 0.1) is 17.5 Å². The lowest BCUT2D eigenvalue weighted by atomic mass is 10.2. The molecule has 0 saturated carbocycles. The van der Waals surface area contributed by atoms with Gasteiger partial charge in [0.05, 0.1) is 28.6 Å². The number of carbonyl (C=O) groups excluding carboxylic acids is 2. The van der Waals surface area contributed by atoms with Crippen molar-refractivity contribution in [3.05, 3.63) is 76.3 Å². The predicted molar refractivity (Wildman–Crippen MR) is 98.5 cm³/mol. The highest BCUT2D eigenvalue weighted by molar-refractivity contribution is 9.10. The number of nitrogens with zero attached hydrogens (tertiary/aromatic N) is 2. The Labute approximate surface area is 165 Å². The summed E-state index contributed by atoms with van der Waals surface area (Å²) in [6.07, 6.45) is 3.37. The van der Waals surface area contributed by atoms with Crippen LogP contribution in [0.15, 0.2) is 53.3 Å². The molecule has 6 nitrogen and oxygen atoms in total. The van der Waals surface area contributed by atoms with Crippen LogP contribution in [0.4, 0.5) is 18.9 Å². The van der Waals surface area contributed by atoms with Crippen molar-refractivity contribution < 1.29 is 22.8 Å². The minimum Gasteiger partial charge on any atom is -0.343 e. The lowest BCUT2D eigenvalue weighted by Crippen LogP contribution is -2.33. The Morgan fingerprint density at radius 2 is 1.75 bits per heavy atom. The maximum atomic E-state index is 13.5. The van der Waals surface area contributed by atoms with Crippen LogP contribution in [0.3, 0.4) is 0 Å². The molecule has 2 N–H and O–H groups in total. The standard InChI is InChI=1S/C18H12BrF3N4O2/c19-11-7-24-26(9-11)12-3-1-10(2-4-12)18(28)23-8-15(27)25-14-6-5-13(20)16(21)17(14)22/h1-7,9H,8H2,(H,23,28)(H,25,27). The first-order valence-electron chi connectivity index (χ1n) is 7.87. The van der Waals surface area contributed by atoms with Crippen molar-refractivity contribution in [1.82, 2.24) is 15.1 Å². The van der Waals surface area contributed by atoms with E-state index in [2.05, 4.69) is 31.7 Å². The molecule has 0 unspecified atom stereocenters. The highest BCUT2D eigenvalue weighted by Crippen LogP contribution is 2.19. The molecule has 0 aliphatic carbocycles. The van der Waals surface area contributed by atoms with Crippen LogP contribution >= 0.6 is 15.9 Å². The molecule has 3 aromatic rings. The summed E-state index contributed by atoms with van der Waals surface area (Å²) in [7, 11) is 0. The fraction of sp³-hybridized carbons (Fsp3) is 0.0556. The van der Waals surface area contributed by atoms with E-state index in [1.54, 1.807) is 41.3 Å². The fourth-order valence-electron chi connectivity index (χ4n) is 2.29. The molecule has 1 heterocycles. The van der Waals surface area contributed by atoms with Gasteiger partial charge in [-0.15, -0.1) is 0 Å². The van der Waals surface area contributed by atoms with Crippen LogP contribution in [0.1, 0.15) is 10.4 Å². The Kier molecular flexibility index (Phi) is 5.78. The number of carbonyl (C=O) groups is 2. The molecule has 28 heavy (non-hydrogen) atoms. The maximum absolute atomic E-state index is 13.5. The maximum Gasteiger partial charge on any atom is 0.251 e. The summed E-state index contributed by atoms with van der Waals surface area (Å²) in [5, 5.41) is 8.54. The molecule has 1 aromatic heterocycles. The van der Waals surface area contributed by atoms with Crippen LogP contribution in [0.2, 0.25) is 0 Å². The van der Waals surface area contributed by atoms with E-state index in [1.165, 1.54) is 0 Å². The number of aromatic nitrogens is 2. The van der Waals surface area contributed by atoms with Gasteiger partial charge in [0.15, 0.2) is 17.5 Å². The van der Waals surface area contributed by atoms with Gasteiger partial charge in [0, 0.05) is 11.8 Å². The molecule has 0 radical (unpaired) electrons. The van der Waals surface area contributed by atoms with Gasteiger partial charge in [-0.05, 0) is 52.3 Å². The zero-order valence-corrected chi connectivity index (χ0v) is 15.6. The van der Waals surface area contributed by atoms with Crippen LogP contribution in [0.5, 0.6) is 0 Å². The van der Waals surface area contributed by atoms with Crippen molar-refractivity contribution in [3.8, 4) is 5.69 Å². The largest absolute Gasteiger partial charge is 0.343 e. The van der Waals surface area contributed by atoms with Gasteiger partial charge in [-0.3, -0.25) is 9.59 Å². The van der Waals surface area contributed by atoms with Gasteiger partial charge >= 0.3 is 0 Å². The van der Waals surface area contributed by atoms with Gasteiger partial charge in [-0.2, -0.15) is 5.10 Å². The lowest BCUT2D eigenvalue weighted by molar-refractivity contribution is -0.115. The quantitative estimate of drug-likeness (QED) is 0.582. The lowest BCUT2D eigenvalue weighted by Gasteiger charge is -2.09. The Balaban J connectivity index is 1.58. The third-order valence-electron chi connectivity index (χ3n) is 3.66.